The Balaban J connectivity index is 1.81. The average molecular weight is 402 g/mol. The van der Waals surface area contributed by atoms with E-state index < -0.39 is 0 Å². The van der Waals surface area contributed by atoms with Crippen molar-refractivity contribution in [1.29, 1.82) is 0 Å². The van der Waals surface area contributed by atoms with Gasteiger partial charge in [-0.25, -0.2) is 0 Å². The molecule has 3 amide bonds. The van der Waals surface area contributed by atoms with Gasteiger partial charge < -0.3 is 20.9 Å². The molecule has 148 valence electrons. The van der Waals surface area contributed by atoms with Crippen LogP contribution in [0.15, 0.2) is 53.4 Å². The molecule has 0 bridgehead atoms. The Hall–Kier alpha value is -2.84. The summed E-state index contributed by atoms with van der Waals surface area (Å²) < 4.78 is 0. The minimum atomic E-state index is -0.193. The van der Waals surface area contributed by atoms with Crippen molar-refractivity contribution in [2.75, 3.05) is 42.3 Å². The summed E-state index contributed by atoms with van der Waals surface area (Å²) in [4.78, 5) is 37.2. The van der Waals surface area contributed by atoms with Crippen LogP contribution in [-0.4, -0.2) is 44.1 Å². The number of para-hydroxylation sites is 1. The number of likely N-dealkylation sites (N-methyl/N-ethyl adjacent to an activating group) is 1. The predicted molar refractivity (Wildman–Crippen MR) is 113 cm³/mol. The van der Waals surface area contributed by atoms with Crippen molar-refractivity contribution >= 4 is 46.5 Å². The molecule has 0 heterocycles. The van der Waals surface area contributed by atoms with Crippen LogP contribution in [0.25, 0.3) is 0 Å². The summed E-state index contributed by atoms with van der Waals surface area (Å²) in [7, 11) is 1.79. The van der Waals surface area contributed by atoms with Gasteiger partial charge in [0.1, 0.15) is 0 Å². The van der Waals surface area contributed by atoms with Crippen molar-refractivity contribution in [1.82, 2.24) is 0 Å². The van der Waals surface area contributed by atoms with Gasteiger partial charge in [-0.05, 0) is 42.7 Å². The number of carbonyl (C=O) groups excluding carboxylic acids is 3. The second-order valence-corrected chi connectivity index (χ2v) is 7.21. The molecule has 1 atom stereocenters. The van der Waals surface area contributed by atoms with Crippen LogP contribution in [0.5, 0.6) is 0 Å². The van der Waals surface area contributed by atoms with E-state index in [9.17, 15) is 14.4 Å². The third kappa shape index (κ3) is 7.05. The summed E-state index contributed by atoms with van der Waals surface area (Å²) in [5.74, 6) is -0.492. The molecule has 2 aromatic rings. The molecule has 0 aromatic heterocycles. The molecule has 8 heteroatoms. The largest absolute Gasteiger partial charge is 0.326 e. The first kappa shape index (κ1) is 21.5. The lowest BCUT2D eigenvalue weighted by atomic mass is 10.2. The Morgan fingerprint density at radius 3 is 1.96 bits per heavy atom. The van der Waals surface area contributed by atoms with E-state index in [1.807, 2.05) is 30.5 Å². The Kier molecular flexibility index (Phi) is 8.03. The second-order valence-electron chi connectivity index (χ2n) is 6.37. The lowest BCUT2D eigenvalue weighted by molar-refractivity contribution is -0.862. The molecule has 4 N–H and O–H groups in total. The zero-order valence-corrected chi connectivity index (χ0v) is 17.0. The summed E-state index contributed by atoms with van der Waals surface area (Å²) in [5.41, 5.74) is 2.07. The van der Waals surface area contributed by atoms with Gasteiger partial charge in [0.05, 0.1) is 12.7 Å². The number of hydrogen-bond donors (Lipinski definition) is 4. The van der Waals surface area contributed by atoms with Crippen molar-refractivity contribution < 1.29 is 19.3 Å². The molecule has 0 fully saturated rings. The van der Waals surface area contributed by atoms with Gasteiger partial charge in [0.25, 0.3) is 11.8 Å². The number of hydrogen-bond acceptors (Lipinski definition) is 4. The van der Waals surface area contributed by atoms with Crippen molar-refractivity contribution in [2.45, 2.75) is 11.8 Å². The summed E-state index contributed by atoms with van der Waals surface area (Å²) in [6.45, 7) is 1.77. The number of rotatable bonds is 8. The highest BCUT2D eigenvalue weighted by Crippen LogP contribution is 2.24. The number of nitrogens with one attached hydrogen (secondary N) is 4. The van der Waals surface area contributed by atoms with E-state index in [4.69, 9.17) is 0 Å². The molecule has 2 aromatic carbocycles. The highest BCUT2D eigenvalue weighted by Gasteiger charge is 2.15. The fourth-order valence-corrected chi connectivity index (χ4v) is 3.15. The molecule has 28 heavy (non-hydrogen) atoms. The number of carbonyl (C=O) groups is 3. The van der Waals surface area contributed by atoms with Gasteiger partial charge in [0, 0.05) is 23.2 Å². The first-order valence-electron chi connectivity index (χ1n) is 8.79. The van der Waals surface area contributed by atoms with E-state index in [0.717, 1.165) is 15.5 Å². The maximum absolute atomic E-state index is 12.2. The van der Waals surface area contributed by atoms with Gasteiger partial charge in [-0.15, -0.1) is 11.8 Å². The van der Waals surface area contributed by atoms with Crippen molar-refractivity contribution in [2.24, 2.45) is 0 Å². The molecular weight excluding hydrogens is 376 g/mol. The highest BCUT2D eigenvalue weighted by atomic mass is 32.2. The van der Waals surface area contributed by atoms with E-state index in [1.165, 1.54) is 6.92 Å². The van der Waals surface area contributed by atoms with Crippen molar-refractivity contribution in [3.05, 3.63) is 48.5 Å². The average Bonchev–Trinajstić information content (AvgIpc) is 2.63. The van der Waals surface area contributed by atoms with Crippen LogP contribution in [0.4, 0.5) is 17.1 Å². The minimum absolute atomic E-state index is 0.147. The zero-order valence-electron chi connectivity index (χ0n) is 16.2. The first-order chi connectivity index (χ1) is 13.4. The van der Waals surface area contributed by atoms with Crippen LogP contribution >= 0.6 is 11.8 Å². The molecule has 7 nitrogen and oxygen atoms in total. The maximum atomic E-state index is 12.2. The fourth-order valence-electron chi connectivity index (χ4n) is 2.60. The van der Waals surface area contributed by atoms with Crippen LogP contribution in [0.1, 0.15) is 6.92 Å². The number of quaternary nitrogens is 1. The molecule has 0 aliphatic rings. The Morgan fingerprint density at radius 2 is 1.39 bits per heavy atom. The number of benzene rings is 2. The summed E-state index contributed by atoms with van der Waals surface area (Å²) in [5, 5.41) is 8.34. The zero-order chi connectivity index (χ0) is 20.5. The summed E-state index contributed by atoms with van der Waals surface area (Å²) >= 11 is 1.56. The quantitative estimate of drug-likeness (QED) is 0.504. The molecular formula is C20H25N4O3S+. The third-order valence-corrected chi connectivity index (χ3v) is 4.59. The Morgan fingerprint density at radius 1 is 0.857 bits per heavy atom. The summed E-state index contributed by atoms with van der Waals surface area (Å²) in [6.07, 6.45) is 1.95. The second kappa shape index (κ2) is 10.5. The van der Waals surface area contributed by atoms with Gasteiger partial charge in [0.15, 0.2) is 13.1 Å². The van der Waals surface area contributed by atoms with Crippen LogP contribution < -0.4 is 20.9 Å². The number of amides is 3. The molecule has 1 unspecified atom stereocenters. The Bertz CT molecular complexity index is 840. The van der Waals surface area contributed by atoms with Gasteiger partial charge in [-0.1, -0.05) is 12.1 Å². The minimum Gasteiger partial charge on any atom is -0.326 e. The van der Waals surface area contributed by atoms with Crippen LogP contribution in [-0.2, 0) is 14.4 Å². The van der Waals surface area contributed by atoms with Crippen molar-refractivity contribution in [3.8, 4) is 0 Å². The highest BCUT2D eigenvalue weighted by molar-refractivity contribution is 7.98. The monoisotopic (exact) mass is 401 g/mol. The van der Waals surface area contributed by atoms with E-state index >= 15 is 0 Å². The fraction of sp³-hybridized carbons (Fsp3) is 0.250. The number of thioether (sulfide) groups is 1. The standard InChI is InChI=1S/C20H24N4O3S/c1-14(25)21-15-8-10-16(11-9-15)22-19(26)12-24(2)13-20(27)23-17-6-4-5-7-18(17)28-3/h4-11H,12-13H2,1-3H3,(H,21,25)(H,22,26)(H,23,27)/p+1. The SMILES string of the molecule is CSc1ccccc1NC(=O)C[NH+](C)CC(=O)Nc1ccc(NC(C)=O)cc1. The number of anilines is 3. The molecule has 2 rings (SSSR count). The molecule has 0 radical (unpaired) electrons. The van der Waals surface area contributed by atoms with E-state index in [-0.39, 0.29) is 30.8 Å². The normalized spacial score (nSPS) is 11.4. The molecule has 0 spiro atoms. The third-order valence-electron chi connectivity index (χ3n) is 3.79. The van der Waals surface area contributed by atoms with Crippen LogP contribution in [0.2, 0.25) is 0 Å². The van der Waals surface area contributed by atoms with E-state index in [1.54, 1.807) is 43.1 Å². The van der Waals surface area contributed by atoms with Gasteiger partial charge in [-0.3, -0.25) is 14.4 Å². The van der Waals surface area contributed by atoms with Crippen LogP contribution in [0.3, 0.4) is 0 Å². The maximum Gasteiger partial charge on any atom is 0.279 e. The lowest BCUT2D eigenvalue weighted by Crippen LogP contribution is -3.11. The molecule has 0 aliphatic carbocycles. The Labute approximate surface area is 168 Å². The van der Waals surface area contributed by atoms with E-state index in [2.05, 4.69) is 16.0 Å². The van der Waals surface area contributed by atoms with E-state index in [0.29, 0.717) is 11.4 Å². The van der Waals surface area contributed by atoms with Gasteiger partial charge in [-0.2, -0.15) is 0 Å². The molecule has 0 saturated carbocycles. The predicted octanol–water partition coefficient (Wildman–Crippen LogP) is 1.46. The summed E-state index contributed by atoms with van der Waals surface area (Å²) in [6, 6.07) is 14.4. The van der Waals surface area contributed by atoms with Gasteiger partial charge in [0.2, 0.25) is 5.91 Å². The smallest absolute Gasteiger partial charge is 0.279 e. The first-order valence-corrected chi connectivity index (χ1v) is 10.0. The molecule has 0 saturated heterocycles. The lowest BCUT2D eigenvalue weighted by Gasteiger charge is -2.15. The topological polar surface area (TPSA) is 91.7 Å². The molecule has 0 aliphatic heterocycles. The van der Waals surface area contributed by atoms with Crippen LogP contribution in [0, 0.1) is 0 Å². The van der Waals surface area contributed by atoms with Gasteiger partial charge >= 0.3 is 0 Å². The van der Waals surface area contributed by atoms with Crippen molar-refractivity contribution in [3.63, 3.8) is 0 Å².